The van der Waals surface area contributed by atoms with Crippen molar-refractivity contribution >= 4 is 36.1 Å². The number of hydrogen-bond acceptors (Lipinski definition) is 13. The Kier molecular flexibility index (Phi) is 26.6. The molecular weight excluding hydrogens is 851 g/mol. The highest BCUT2D eigenvalue weighted by Crippen LogP contribution is 2.30. The van der Waals surface area contributed by atoms with Gasteiger partial charge in [-0.05, 0) is 64.0 Å². The van der Waals surface area contributed by atoms with E-state index in [1.807, 2.05) is 97.7 Å². The second kappa shape index (κ2) is 30.3. The van der Waals surface area contributed by atoms with E-state index in [-0.39, 0.29) is 74.0 Å². The molecule has 2 N–H and O–H groups in total. The molecule has 1 aliphatic rings. The molecule has 0 aromatic heterocycles. The van der Waals surface area contributed by atoms with Gasteiger partial charge in [0.1, 0.15) is 24.8 Å². The van der Waals surface area contributed by atoms with Crippen molar-refractivity contribution in [2.45, 2.75) is 143 Å². The Morgan fingerprint density at radius 3 is 2.00 bits per heavy atom. The van der Waals surface area contributed by atoms with Gasteiger partial charge in [0.25, 0.3) is 6.47 Å². The first-order valence-corrected chi connectivity index (χ1v) is 23.7. The first kappa shape index (κ1) is 58.0. The van der Waals surface area contributed by atoms with Crippen LogP contribution in [-0.2, 0) is 63.6 Å². The zero-order valence-electron chi connectivity index (χ0n) is 42.1. The number of likely N-dealkylation sites (N-methyl/N-ethyl adjacent to an activating group) is 2. The molecule has 1 saturated heterocycles. The molecule has 17 heteroatoms. The molecule has 0 spiro atoms. The van der Waals surface area contributed by atoms with Crippen LogP contribution in [0.1, 0.15) is 93.6 Å². The first-order valence-electron chi connectivity index (χ1n) is 23.7. The Morgan fingerprint density at radius 1 is 0.833 bits per heavy atom. The van der Waals surface area contributed by atoms with Gasteiger partial charge in [-0.2, -0.15) is 0 Å². The number of likely N-dealkylation sites (tertiary alicyclic amines) is 1. The number of nitrogens with one attached hydrogen (secondary N) is 2. The molecule has 1 aliphatic heterocycles. The Hall–Kier alpha value is -4.16. The highest BCUT2D eigenvalue weighted by atomic mass is 16.6. The number of esters is 1. The van der Waals surface area contributed by atoms with Gasteiger partial charge < -0.3 is 48.9 Å². The summed E-state index contributed by atoms with van der Waals surface area (Å²) in [5, 5.41) is 5.90. The fourth-order valence-corrected chi connectivity index (χ4v) is 8.58. The minimum atomic E-state index is -1.07. The van der Waals surface area contributed by atoms with E-state index in [1.165, 1.54) is 7.11 Å². The van der Waals surface area contributed by atoms with Gasteiger partial charge in [-0.1, -0.05) is 78.3 Å². The summed E-state index contributed by atoms with van der Waals surface area (Å²) < 4.78 is 33.0. The minimum absolute atomic E-state index is 0.00201. The first-order chi connectivity index (χ1) is 31.4. The molecule has 1 heterocycles. The van der Waals surface area contributed by atoms with Crippen LogP contribution in [0.5, 0.6) is 0 Å². The summed E-state index contributed by atoms with van der Waals surface area (Å²) >= 11 is 0. The number of hydrogen-bond donors (Lipinski definition) is 2. The molecule has 9 atom stereocenters. The predicted molar refractivity (Wildman–Crippen MR) is 251 cm³/mol. The SMILES string of the molecule is CC[C@H](C)[C@@H]([C@@H](CC(=O)N1CCC[C@H]1[C@H](OC=O)[C@@H](C)C(=O)N[C@@H](Cc1ccccc1)C(=O)OCCOCCOCCOC)OC)N(C)C(=O)[C@@H](NC(=O)[C@H](C(C)C)N(C)C(C)C)C(C)C. The third-order valence-corrected chi connectivity index (χ3v) is 12.7. The van der Waals surface area contributed by atoms with E-state index in [2.05, 4.69) is 10.6 Å². The van der Waals surface area contributed by atoms with Crippen molar-refractivity contribution in [2.24, 2.45) is 23.7 Å². The van der Waals surface area contributed by atoms with Gasteiger partial charge in [0.15, 0.2) is 0 Å². The van der Waals surface area contributed by atoms with Gasteiger partial charge in [0.2, 0.25) is 23.6 Å². The number of benzene rings is 1. The zero-order chi connectivity index (χ0) is 49.5. The van der Waals surface area contributed by atoms with Crippen LogP contribution in [0.25, 0.3) is 0 Å². The molecule has 17 nitrogen and oxygen atoms in total. The van der Waals surface area contributed by atoms with Crippen molar-refractivity contribution in [3.63, 3.8) is 0 Å². The van der Waals surface area contributed by atoms with E-state index in [0.717, 1.165) is 5.56 Å². The Labute approximate surface area is 394 Å². The van der Waals surface area contributed by atoms with Crippen molar-refractivity contribution < 1.29 is 57.2 Å². The lowest BCUT2D eigenvalue weighted by Gasteiger charge is -2.41. The second-order valence-corrected chi connectivity index (χ2v) is 18.4. The molecule has 1 fully saturated rings. The summed E-state index contributed by atoms with van der Waals surface area (Å²) in [5.74, 6) is -3.32. The number of amides is 4. The van der Waals surface area contributed by atoms with Crippen LogP contribution in [0.3, 0.4) is 0 Å². The molecule has 4 amide bonds. The van der Waals surface area contributed by atoms with Gasteiger partial charge in [-0.15, -0.1) is 0 Å². The van der Waals surface area contributed by atoms with E-state index < -0.39 is 60.2 Å². The van der Waals surface area contributed by atoms with E-state index in [1.54, 1.807) is 30.9 Å². The van der Waals surface area contributed by atoms with Gasteiger partial charge in [-0.3, -0.25) is 28.9 Å². The van der Waals surface area contributed by atoms with Crippen molar-refractivity contribution in [1.82, 2.24) is 25.3 Å². The smallest absolute Gasteiger partial charge is 0.329 e. The number of ether oxygens (including phenoxy) is 6. The third-order valence-electron chi connectivity index (χ3n) is 12.7. The zero-order valence-corrected chi connectivity index (χ0v) is 42.1. The molecular formula is C49H83N5O12. The standard InChI is InChI=1S/C49H83N5O12/c1-14-35(8)44(53(11)48(59)42(32(2)3)51-47(58)43(33(4)5)52(10)34(6)7)40(62-13)30-41(56)54-22-18-21-39(54)45(66-31-55)36(9)46(57)50-38(29-37-19-16-15-17-20-37)49(60)65-28-27-64-26-25-63-24-23-61-12/h15-17,19-20,31-36,38-40,42-45H,14,18,21-30H2,1-13H3,(H,50,57)(H,51,58)/t35-,36+,38-,39-,40+,42-,43-,44-,45+/m0/s1. The highest BCUT2D eigenvalue weighted by Gasteiger charge is 2.44. The minimum Gasteiger partial charge on any atom is -0.462 e. The van der Waals surface area contributed by atoms with Gasteiger partial charge in [0.05, 0.1) is 69.6 Å². The summed E-state index contributed by atoms with van der Waals surface area (Å²) in [7, 11) is 6.71. The summed E-state index contributed by atoms with van der Waals surface area (Å²) in [5.41, 5.74) is 0.791. The molecule has 0 aliphatic carbocycles. The molecule has 0 radical (unpaired) electrons. The number of nitrogens with zero attached hydrogens (tertiary/aromatic N) is 3. The van der Waals surface area contributed by atoms with Crippen LogP contribution < -0.4 is 10.6 Å². The molecule has 1 aromatic carbocycles. The fourth-order valence-electron chi connectivity index (χ4n) is 8.58. The molecule has 1 aromatic rings. The van der Waals surface area contributed by atoms with Gasteiger partial charge in [-0.25, -0.2) is 4.79 Å². The number of carbonyl (C=O) groups is 6. The van der Waals surface area contributed by atoms with E-state index in [0.29, 0.717) is 52.2 Å². The summed E-state index contributed by atoms with van der Waals surface area (Å²) in [4.78, 5) is 87.4. The van der Waals surface area contributed by atoms with Crippen molar-refractivity contribution in [1.29, 1.82) is 0 Å². The molecule has 66 heavy (non-hydrogen) atoms. The topological polar surface area (TPSA) is 192 Å². The highest BCUT2D eigenvalue weighted by molar-refractivity contribution is 5.90. The summed E-state index contributed by atoms with van der Waals surface area (Å²) in [6, 6.07) is 5.75. The predicted octanol–water partition coefficient (Wildman–Crippen LogP) is 3.89. The molecule has 0 unspecified atom stereocenters. The molecule has 2 rings (SSSR count). The fraction of sp³-hybridized carbons (Fsp3) is 0.755. The van der Waals surface area contributed by atoms with Crippen LogP contribution in [0, 0.1) is 23.7 Å². The maximum Gasteiger partial charge on any atom is 0.329 e. The normalized spacial score (nSPS) is 17.7. The molecule has 0 bridgehead atoms. The average Bonchev–Trinajstić information content (AvgIpc) is 3.78. The van der Waals surface area contributed by atoms with E-state index in [9.17, 15) is 28.8 Å². The van der Waals surface area contributed by atoms with Crippen LogP contribution in [0.2, 0.25) is 0 Å². The number of carbonyl (C=O) groups excluding carboxylic acids is 6. The summed E-state index contributed by atoms with van der Waals surface area (Å²) in [6.45, 7) is 19.7. The van der Waals surface area contributed by atoms with E-state index in [4.69, 9.17) is 28.4 Å². The quantitative estimate of drug-likeness (QED) is 0.0602. The Morgan fingerprint density at radius 2 is 1.45 bits per heavy atom. The lowest BCUT2D eigenvalue weighted by molar-refractivity contribution is -0.154. The second-order valence-electron chi connectivity index (χ2n) is 18.4. The third kappa shape index (κ3) is 17.8. The van der Waals surface area contributed by atoms with E-state index >= 15 is 0 Å². The number of rotatable bonds is 32. The van der Waals surface area contributed by atoms with Crippen LogP contribution in [-0.4, -0.2) is 174 Å². The largest absolute Gasteiger partial charge is 0.462 e. The van der Waals surface area contributed by atoms with Gasteiger partial charge >= 0.3 is 5.97 Å². The van der Waals surface area contributed by atoms with Crippen molar-refractivity contribution in [3.8, 4) is 0 Å². The van der Waals surface area contributed by atoms with Gasteiger partial charge in [0, 0.05) is 40.3 Å². The molecule has 376 valence electrons. The molecule has 0 saturated carbocycles. The van der Waals surface area contributed by atoms with Crippen LogP contribution >= 0.6 is 0 Å². The Balaban J connectivity index is 2.28. The summed E-state index contributed by atoms with van der Waals surface area (Å²) in [6.07, 6.45) is -0.0116. The van der Waals surface area contributed by atoms with Crippen LogP contribution in [0.4, 0.5) is 0 Å². The van der Waals surface area contributed by atoms with Crippen molar-refractivity contribution in [3.05, 3.63) is 35.9 Å². The Bertz CT molecular complexity index is 1620. The number of methoxy groups -OCH3 is 2. The lowest BCUT2D eigenvalue weighted by atomic mass is 9.89. The lowest BCUT2D eigenvalue weighted by Crippen LogP contribution is -2.60. The van der Waals surface area contributed by atoms with Crippen LogP contribution in [0.15, 0.2) is 30.3 Å². The average molecular weight is 934 g/mol. The van der Waals surface area contributed by atoms with Crippen molar-refractivity contribution in [2.75, 3.05) is 74.5 Å². The maximum absolute atomic E-state index is 14.5. The maximum atomic E-state index is 14.5. The monoisotopic (exact) mass is 934 g/mol.